The minimum atomic E-state index is -3.74. The first kappa shape index (κ1) is 12.8. The number of halogens is 1. The second-order valence-corrected chi connectivity index (χ2v) is 5.35. The van der Waals surface area contributed by atoms with Crippen LogP contribution in [0.2, 0.25) is 5.28 Å². The van der Waals surface area contributed by atoms with Crippen LogP contribution in [0, 0.1) is 0 Å². The molecule has 2 aromatic rings. The molecule has 0 radical (unpaired) electrons. The lowest BCUT2D eigenvalue weighted by Gasteiger charge is -2.04. The molecule has 0 amide bonds. The summed E-state index contributed by atoms with van der Waals surface area (Å²) < 4.78 is 26.2. The zero-order chi connectivity index (χ0) is 13.2. The molecule has 2 rings (SSSR count). The predicted octanol–water partition coefficient (Wildman–Crippen LogP) is 1.22. The summed E-state index contributed by atoms with van der Waals surface area (Å²) in [5.41, 5.74) is 0. The highest BCUT2D eigenvalue weighted by Crippen LogP contribution is 2.13. The SMILES string of the molecule is CCc1ncc(S(=O)(=O)Nc2ccnc(Cl)n2)[nH]1. The fraction of sp³-hybridized carbons (Fsp3) is 0.222. The maximum atomic E-state index is 12.0. The Morgan fingerprint density at radius 3 is 2.83 bits per heavy atom. The number of aryl methyl sites for hydroxylation is 1. The van der Waals surface area contributed by atoms with Gasteiger partial charge in [0.15, 0.2) is 5.03 Å². The number of imidazole rings is 1. The highest BCUT2D eigenvalue weighted by molar-refractivity contribution is 7.92. The zero-order valence-electron chi connectivity index (χ0n) is 9.38. The van der Waals surface area contributed by atoms with Crippen molar-refractivity contribution < 1.29 is 8.42 Å². The molecule has 0 aliphatic carbocycles. The molecule has 0 aromatic carbocycles. The Hall–Kier alpha value is -1.67. The van der Waals surface area contributed by atoms with Gasteiger partial charge in [-0.15, -0.1) is 0 Å². The van der Waals surface area contributed by atoms with Gasteiger partial charge in [0.25, 0.3) is 10.0 Å². The molecular weight excluding hydrogens is 278 g/mol. The number of nitrogens with one attached hydrogen (secondary N) is 2. The fourth-order valence-corrected chi connectivity index (χ4v) is 2.33. The van der Waals surface area contributed by atoms with Gasteiger partial charge in [-0.3, -0.25) is 4.72 Å². The standard InChI is InChI=1S/C9H10ClN5O2S/c1-2-6-12-5-8(13-6)18(16,17)15-7-3-4-11-9(10)14-7/h3-5H,2H2,1H3,(H,12,13)(H,11,14,15). The van der Waals surface area contributed by atoms with E-state index in [0.717, 1.165) is 0 Å². The van der Waals surface area contributed by atoms with Gasteiger partial charge in [0.2, 0.25) is 5.28 Å². The lowest BCUT2D eigenvalue weighted by Crippen LogP contribution is -2.14. The Balaban J connectivity index is 2.27. The quantitative estimate of drug-likeness (QED) is 0.823. The molecular formula is C9H10ClN5O2S. The maximum Gasteiger partial charge on any atom is 0.280 e. The molecule has 0 bridgehead atoms. The number of rotatable bonds is 4. The van der Waals surface area contributed by atoms with E-state index in [1.54, 1.807) is 0 Å². The van der Waals surface area contributed by atoms with Crippen LogP contribution in [0.3, 0.4) is 0 Å². The van der Waals surface area contributed by atoms with Gasteiger partial charge in [-0.2, -0.15) is 13.4 Å². The third-order valence-electron chi connectivity index (χ3n) is 2.09. The van der Waals surface area contributed by atoms with Gasteiger partial charge in [-0.1, -0.05) is 6.92 Å². The molecule has 0 spiro atoms. The van der Waals surface area contributed by atoms with Crippen LogP contribution in [0.15, 0.2) is 23.5 Å². The number of H-pyrrole nitrogens is 1. The average Bonchev–Trinajstić information content (AvgIpc) is 2.77. The van der Waals surface area contributed by atoms with E-state index in [0.29, 0.717) is 12.2 Å². The smallest absolute Gasteiger partial charge is 0.280 e. The minimum Gasteiger partial charge on any atom is -0.332 e. The first-order valence-corrected chi connectivity index (χ1v) is 6.92. The molecule has 9 heteroatoms. The Morgan fingerprint density at radius 2 is 2.22 bits per heavy atom. The Labute approximate surface area is 109 Å². The molecule has 0 saturated carbocycles. The average molecular weight is 288 g/mol. The van der Waals surface area contributed by atoms with Gasteiger partial charge >= 0.3 is 0 Å². The van der Waals surface area contributed by atoms with Crippen molar-refractivity contribution in [1.82, 2.24) is 19.9 Å². The summed E-state index contributed by atoms with van der Waals surface area (Å²) in [6, 6.07) is 1.40. The predicted molar refractivity (Wildman–Crippen MR) is 65.8 cm³/mol. The lowest BCUT2D eigenvalue weighted by molar-refractivity contribution is 0.597. The van der Waals surface area contributed by atoms with Crippen molar-refractivity contribution in [1.29, 1.82) is 0 Å². The highest BCUT2D eigenvalue weighted by Gasteiger charge is 2.17. The van der Waals surface area contributed by atoms with E-state index in [9.17, 15) is 8.42 Å². The second-order valence-electron chi connectivity index (χ2n) is 3.36. The van der Waals surface area contributed by atoms with Crippen LogP contribution in [0.25, 0.3) is 0 Å². The van der Waals surface area contributed by atoms with Crippen molar-refractivity contribution >= 4 is 27.4 Å². The topological polar surface area (TPSA) is 101 Å². The van der Waals surface area contributed by atoms with Gasteiger partial charge in [-0.25, -0.2) is 9.97 Å². The lowest BCUT2D eigenvalue weighted by atomic mass is 10.5. The van der Waals surface area contributed by atoms with Crippen molar-refractivity contribution in [2.45, 2.75) is 18.4 Å². The molecule has 96 valence electrons. The van der Waals surface area contributed by atoms with Crippen LogP contribution in [0.4, 0.5) is 5.82 Å². The first-order chi connectivity index (χ1) is 8.51. The van der Waals surface area contributed by atoms with Crippen LogP contribution in [0.5, 0.6) is 0 Å². The highest BCUT2D eigenvalue weighted by atomic mass is 35.5. The summed E-state index contributed by atoms with van der Waals surface area (Å²) in [5, 5.41) is -0.0526. The van der Waals surface area contributed by atoms with E-state index < -0.39 is 10.0 Å². The van der Waals surface area contributed by atoms with Crippen molar-refractivity contribution in [3.63, 3.8) is 0 Å². The minimum absolute atomic E-state index is 0.0194. The summed E-state index contributed by atoms with van der Waals surface area (Å²) in [5.74, 6) is 0.693. The van der Waals surface area contributed by atoms with Crippen molar-refractivity contribution in [2.75, 3.05) is 4.72 Å². The number of aromatic nitrogens is 4. The van der Waals surface area contributed by atoms with E-state index in [1.807, 2.05) is 6.92 Å². The molecule has 0 saturated heterocycles. The molecule has 2 aromatic heterocycles. The van der Waals surface area contributed by atoms with E-state index in [4.69, 9.17) is 11.6 Å². The van der Waals surface area contributed by atoms with Crippen LogP contribution in [0.1, 0.15) is 12.7 Å². The molecule has 0 atom stereocenters. The number of anilines is 1. The third-order valence-corrected chi connectivity index (χ3v) is 3.54. The molecule has 7 nitrogen and oxygen atoms in total. The van der Waals surface area contributed by atoms with E-state index in [1.165, 1.54) is 18.5 Å². The summed E-state index contributed by atoms with van der Waals surface area (Å²) in [7, 11) is -3.74. The molecule has 0 fully saturated rings. The van der Waals surface area contributed by atoms with Crippen molar-refractivity contribution in [2.24, 2.45) is 0 Å². The maximum absolute atomic E-state index is 12.0. The molecule has 0 unspecified atom stereocenters. The largest absolute Gasteiger partial charge is 0.332 e. The number of aromatic amines is 1. The Bertz CT molecular complexity index is 654. The fourth-order valence-electron chi connectivity index (χ4n) is 1.24. The summed E-state index contributed by atoms with van der Waals surface area (Å²) in [4.78, 5) is 14.0. The normalized spacial score (nSPS) is 11.4. The summed E-state index contributed by atoms with van der Waals surface area (Å²) in [6.07, 6.45) is 3.23. The Kier molecular flexibility index (Phi) is 3.48. The van der Waals surface area contributed by atoms with Crippen LogP contribution >= 0.6 is 11.6 Å². The molecule has 18 heavy (non-hydrogen) atoms. The summed E-state index contributed by atoms with van der Waals surface area (Å²) in [6.45, 7) is 1.87. The molecule has 0 aliphatic heterocycles. The van der Waals surface area contributed by atoms with Crippen LogP contribution < -0.4 is 4.72 Å². The number of nitrogens with zero attached hydrogens (tertiary/aromatic N) is 3. The van der Waals surface area contributed by atoms with E-state index in [-0.39, 0.29) is 16.1 Å². The van der Waals surface area contributed by atoms with Crippen LogP contribution in [-0.4, -0.2) is 28.4 Å². The number of sulfonamides is 1. The van der Waals surface area contributed by atoms with Crippen molar-refractivity contribution in [3.8, 4) is 0 Å². The Morgan fingerprint density at radius 1 is 1.44 bits per heavy atom. The molecule has 2 heterocycles. The van der Waals surface area contributed by atoms with Crippen molar-refractivity contribution in [3.05, 3.63) is 29.6 Å². The van der Waals surface area contributed by atoms with Crippen LogP contribution in [-0.2, 0) is 16.4 Å². The first-order valence-electron chi connectivity index (χ1n) is 5.06. The number of hydrogen-bond acceptors (Lipinski definition) is 5. The van der Waals surface area contributed by atoms with Gasteiger partial charge in [0.05, 0.1) is 6.20 Å². The monoisotopic (exact) mass is 287 g/mol. The zero-order valence-corrected chi connectivity index (χ0v) is 11.0. The van der Waals surface area contributed by atoms with Gasteiger partial charge in [0, 0.05) is 12.6 Å². The second kappa shape index (κ2) is 4.91. The van der Waals surface area contributed by atoms with Gasteiger partial charge < -0.3 is 4.98 Å². The summed E-state index contributed by atoms with van der Waals surface area (Å²) >= 11 is 5.57. The van der Waals surface area contributed by atoms with Gasteiger partial charge in [-0.05, 0) is 17.7 Å². The molecule has 0 aliphatic rings. The van der Waals surface area contributed by atoms with E-state index >= 15 is 0 Å². The van der Waals surface area contributed by atoms with E-state index in [2.05, 4.69) is 24.7 Å². The number of hydrogen-bond donors (Lipinski definition) is 2. The third kappa shape index (κ3) is 2.77. The molecule has 2 N–H and O–H groups in total. The van der Waals surface area contributed by atoms with Gasteiger partial charge in [0.1, 0.15) is 11.6 Å².